The van der Waals surface area contributed by atoms with Crippen molar-refractivity contribution in [1.29, 1.82) is 0 Å². The lowest BCUT2D eigenvalue weighted by molar-refractivity contribution is 0.0698. The van der Waals surface area contributed by atoms with Crippen molar-refractivity contribution in [1.82, 2.24) is 4.31 Å². The molecule has 0 amide bonds. The molecule has 19 heavy (non-hydrogen) atoms. The van der Waals surface area contributed by atoms with Crippen LogP contribution in [-0.4, -0.2) is 36.9 Å². The summed E-state index contributed by atoms with van der Waals surface area (Å²) in [6.07, 6.45) is 0. The van der Waals surface area contributed by atoms with E-state index >= 15 is 0 Å². The van der Waals surface area contributed by atoms with Crippen molar-refractivity contribution < 1.29 is 18.3 Å². The Morgan fingerprint density at radius 3 is 2.47 bits per heavy atom. The fourth-order valence-corrected chi connectivity index (χ4v) is 2.47. The van der Waals surface area contributed by atoms with Gasteiger partial charge in [0.05, 0.1) is 11.3 Å². The Morgan fingerprint density at radius 2 is 2.00 bits per heavy atom. The van der Waals surface area contributed by atoms with Crippen LogP contribution in [0.15, 0.2) is 18.2 Å². The zero-order chi connectivity index (χ0) is 14.8. The van der Waals surface area contributed by atoms with Gasteiger partial charge in [0.15, 0.2) is 0 Å². The van der Waals surface area contributed by atoms with E-state index in [2.05, 4.69) is 4.72 Å². The van der Waals surface area contributed by atoms with Gasteiger partial charge in [-0.2, -0.15) is 12.7 Å². The minimum atomic E-state index is -3.82. The second-order valence-electron chi connectivity index (χ2n) is 4.33. The van der Waals surface area contributed by atoms with Gasteiger partial charge in [0, 0.05) is 18.8 Å². The van der Waals surface area contributed by atoms with E-state index < -0.39 is 16.2 Å². The molecule has 7 nitrogen and oxygen atoms in total. The molecule has 0 atom stereocenters. The van der Waals surface area contributed by atoms with Crippen LogP contribution in [0.5, 0.6) is 0 Å². The Bertz CT molecular complexity index is 584. The van der Waals surface area contributed by atoms with Gasteiger partial charge in [-0.25, -0.2) is 4.79 Å². The molecule has 0 bridgehead atoms. The molecule has 0 heterocycles. The van der Waals surface area contributed by atoms with E-state index in [1.54, 1.807) is 13.8 Å². The maximum atomic E-state index is 12.0. The number of carboxylic acid groups (broad SMARTS) is 1. The number of nitrogen functional groups attached to an aromatic ring is 1. The van der Waals surface area contributed by atoms with Crippen LogP contribution in [0.3, 0.4) is 0 Å². The monoisotopic (exact) mass is 287 g/mol. The summed E-state index contributed by atoms with van der Waals surface area (Å²) in [5.41, 5.74) is 5.60. The molecule has 0 aliphatic carbocycles. The number of nitrogens with two attached hydrogens (primary N) is 1. The van der Waals surface area contributed by atoms with Gasteiger partial charge in [-0.3, -0.25) is 4.72 Å². The van der Waals surface area contributed by atoms with E-state index in [1.165, 1.54) is 25.2 Å². The summed E-state index contributed by atoms with van der Waals surface area (Å²) in [6.45, 7) is 3.41. The summed E-state index contributed by atoms with van der Waals surface area (Å²) in [4.78, 5) is 11.0. The summed E-state index contributed by atoms with van der Waals surface area (Å²) in [5, 5.41) is 9.01. The van der Waals surface area contributed by atoms with Gasteiger partial charge in [0.1, 0.15) is 0 Å². The molecule has 0 unspecified atom stereocenters. The minimum absolute atomic E-state index is 0.0556. The van der Waals surface area contributed by atoms with Crippen molar-refractivity contribution in [3.8, 4) is 0 Å². The second kappa shape index (κ2) is 5.45. The van der Waals surface area contributed by atoms with Crippen LogP contribution in [-0.2, 0) is 10.2 Å². The van der Waals surface area contributed by atoms with Crippen molar-refractivity contribution in [2.24, 2.45) is 0 Å². The van der Waals surface area contributed by atoms with Crippen LogP contribution in [0, 0.1) is 0 Å². The molecule has 1 aromatic carbocycles. The van der Waals surface area contributed by atoms with Crippen molar-refractivity contribution in [3.63, 3.8) is 0 Å². The molecular weight excluding hydrogens is 270 g/mol. The predicted molar refractivity (Wildman–Crippen MR) is 73.3 cm³/mol. The van der Waals surface area contributed by atoms with Crippen molar-refractivity contribution in [3.05, 3.63) is 23.8 Å². The SMILES string of the molecule is CC(C)N(C)S(=O)(=O)Nc1cc(N)ccc1C(=O)O. The number of anilines is 2. The zero-order valence-electron chi connectivity index (χ0n) is 10.9. The first kappa shape index (κ1) is 15.3. The highest BCUT2D eigenvalue weighted by atomic mass is 32.2. The molecule has 0 saturated carbocycles. The normalized spacial score (nSPS) is 11.8. The molecule has 0 saturated heterocycles. The van der Waals surface area contributed by atoms with Gasteiger partial charge >= 0.3 is 16.2 Å². The lowest BCUT2D eigenvalue weighted by Crippen LogP contribution is -2.37. The number of aromatic carboxylic acids is 1. The van der Waals surface area contributed by atoms with Crippen molar-refractivity contribution in [2.45, 2.75) is 19.9 Å². The summed E-state index contributed by atoms with van der Waals surface area (Å²) >= 11 is 0. The first-order chi connectivity index (χ1) is 8.65. The predicted octanol–water partition coefficient (Wildman–Crippen LogP) is 0.964. The Kier molecular flexibility index (Phi) is 4.38. The van der Waals surface area contributed by atoms with Gasteiger partial charge in [-0.05, 0) is 32.0 Å². The number of carboxylic acids is 1. The molecule has 1 rings (SSSR count). The maximum Gasteiger partial charge on any atom is 0.337 e. The molecule has 8 heteroatoms. The van der Waals surface area contributed by atoms with Crippen LogP contribution in [0.25, 0.3) is 0 Å². The third-order valence-electron chi connectivity index (χ3n) is 2.62. The quantitative estimate of drug-likeness (QED) is 0.698. The highest BCUT2D eigenvalue weighted by molar-refractivity contribution is 7.90. The minimum Gasteiger partial charge on any atom is -0.478 e. The number of nitrogens with one attached hydrogen (secondary N) is 1. The van der Waals surface area contributed by atoms with Crippen LogP contribution in [0.4, 0.5) is 11.4 Å². The molecule has 0 aromatic heterocycles. The zero-order valence-corrected chi connectivity index (χ0v) is 11.7. The number of hydrogen-bond donors (Lipinski definition) is 3. The van der Waals surface area contributed by atoms with Crippen LogP contribution in [0.1, 0.15) is 24.2 Å². The van der Waals surface area contributed by atoms with E-state index in [0.29, 0.717) is 0 Å². The number of benzene rings is 1. The average Bonchev–Trinajstić information content (AvgIpc) is 2.26. The molecule has 4 N–H and O–H groups in total. The summed E-state index contributed by atoms with van der Waals surface area (Å²) in [6, 6.07) is 3.67. The maximum absolute atomic E-state index is 12.0. The molecule has 106 valence electrons. The molecule has 0 aliphatic rings. The van der Waals surface area contributed by atoms with Crippen LogP contribution >= 0.6 is 0 Å². The van der Waals surface area contributed by atoms with E-state index in [1.807, 2.05) is 0 Å². The van der Waals surface area contributed by atoms with Crippen LogP contribution < -0.4 is 10.5 Å². The van der Waals surface area contributed by atoms with Crippen molar-refractivity contribution in [2.75, 3.05) is 17.5 Å². The topological polar surface area (TPSA) is 113 Å². The van der Waals surface area contributed by atoms with E-state index in [9.17, 15) is 13.2 Å². The molecule has 0 spiro atoms. The number of nitrogens with zero attached hydrogens (tertiary/aromatic N) is 1. The molecule has 1 aromatic rings. The number of carbonyl (C=O) groups is 1. The first-order valence-corrected chi connectivity index (χ1v) is 6.97. The van der Waals surface area contributed by atoms with Crippen molar-refractivity contribution >= 4 is 27.6 Å². The third-order valence-corrected chi connectivity index (χ3v) is 4.28. The molecule has 0 radical (unpaired) electrons. The molecule has 0 aliphatic heterocycles. The number of hydrogen-bond acceptors (Lipinski definition) is 4. The van der Waals surface area contributed by atoms with Gasteiger partial charge in [0.25, 0.3) is 0 Å². The number of rotatable bonds is 5. The smallest absolute Gasteiger partial charge is 0.337 e. The molecule has 0 fully saturated rings. The van der Waals surface area contributed by atoms with E-state index in [4.69, 9.17) is 10.8 Å². The lowest BCUT2D eigenvalue weighted by Gasteiger charge is -2.22. The molecular formula is C11H17N3O4S. The van der Waals surface area contributed by atoms with E-state index in [0.717, 1.165) is 4.31 Å². The Hall–Kier alpha value is -1.80. The van der Waals surface area contributed by atoms with Crippen LogP contribution in [0.2, 0.25) is 0 Å². The average molecular weight is 287 g/mol. The Labute approximate surface area is 112 Å². The summed E-state index contributed by atoms with van der Waals surface area (Å²) in [5.74, 6) is -1.23. The fourth-order valence-electron chi connectivity index (χ4n) is 1.32. The summed E-state index contributed by atoms with van der Waals surface area (Å²) < 4.78 is 27.3. The van der Waals surface area contributed by atoms with Gasteiger partial charge < -0.3 is 10.8 Å². The van der Waals surface area contributed by atoms with Gasteiger partial charge in [0.2, 0.25) is 0 Å². The fraction of sp³-hybridized carbons (Fsp3) is 0.364. The highest BCUT2D eigenvalue weighted by Crippen LogP contribution is 2.21. The van der Waals surface area contributed by atoms with E-state index in [-0.39, 0.29) is 23.0 Å². The third kappa shape index (κ3) is 3.58. The Morgan fingerprint density at radius 1 is 1.42 bits per heavy atom. The second-order valence-corrected chi connectivity index (χ2v) is 6.06. The van der Waals surface area contributed by atoms with Gasteiger partial charge in [-0.1, -0.05) is 0 Å². The standard InChI is InChI=1S/C11H17N3O4S/c1-7(2)14(3)19(17,18)13-10-6-8(12)4-5-9(10)11(15)16/h4-7,13H,12H2,1-3H3,(H,15,16). The Balaban J connectivity index is 3.19. The first-order valence-electron chi connectivity index (χ1n) is 5.53. The highest BCUT2D eigenvalue weighted by Gasteiger charge is 2.22. The summed E-state index contributed by atoms with van der Waals surface area (Å²) in [7, 11) is -2.42. The lowest BCUT2D eigenvalue weighted by atomic mass is 10.1. The largest absolute Gasteiger partial charge is 0.478 e. The van der Waals surface area contributed by atoms with Gasteiger partial charge in [-0.15, -0.1) is 0 Å².